The Bertz CT molecular complexity index is 1420. The second-order valence-electron chi connectivity index (χ2n) is 10.8. The zero-order valence-electron chi connectivity index (χ0n) is 21.6. The third kappa shape index (κ3) is 6.85. The van der Waals surface area contributed by atoms with Crippen LogP contribution in [0, 0.1) is 5.41 Å². The fourth-order valence-corrected chi connectivity index (χ4v) is 6.44. The molecule has 0 radical (unpaired) electrons. The van der Waals surface area contributed by atoms with Gasteiger partial charge in [-0.3, -0.25) is 4.79 Å². The fraction of sp³-hybridized carbons (Fsp3) is 0.345. The molecule has 0 atom stereocenters. The number of nitrogens with one attached hydrogen (secondary N) is 1. The minimum absolute atomic E-state index is 0.0840. The Kier molecular flexibility index (Phi) is 8.25. The summed E-state index contributed by atoms with van der Waals surface area (Å²) in [5, 5.41) is 11.6. The smallest absolute Gasteiger partial charge is 0.309 e. The van der Waals surface area contributed by atoms with Crippen molar-refractivity contribution in [2.45, 2.75) is 63.7 Å². The Balaban J connectivity index is 1.88. The third-order valence-corrected chi connectivity index (χ3v) is 8.68. The number of aliphatic carboxylic acids is 1. The van der Waals surface area contributed by atoms with Crippen molar-refractivity contribution >= 4 is 63.2 Å². The van der Waals surface area contributed by atoms with Crippen LogP contribution in [0.3, 0.4) is 0 Å². The molecule has 0 aliphatic carbocycles. The molecular weight excluding hydrogens is 545 g/mol. The number of benzene rings is 2. The number of halogens is 2. The summed E-state index contributed by atoms with van der Waals surface area (Å²) < 4.78 is 7.03. The van der Waals surface area contributed by atoms with Gasteiger partial charge in [-0.25, -0.2) is 0 Å². The summed E-state index contributed by atoms with van der Waals surface area (Å²) >= 11 is 15.6. The van der Waals surface area contributed by atoms with Gasteiger partial charge >= 0.3 is 5.97 Å². The van der Waals surface area contributed by atoms with E-state index in [9.17, 15) is 9.90 Å². The summed E-state index contributed by atoms with van der Waals surface area (Å²) in [7, 11) is 0. The van der Waals surface area contributed by atoms with Crippen LogP contribution >= 0.6 is 46.3 Å². The van der Waals surface area contributed by atoms with Gasteiger partial charge in [-0.15, -0.1) is 23.1 Å². The van der Waals surface area contributed by atoms with Gasteiger partial charge in [0, 0.05) is 54.5 Å². The molecule has 4 nitrogen and oxygen atoms in total. The van der Waals surface area contributed by atoms with Crippen LogP contribution < -0.4 is 4.74 Å². The number of carbonyl (C=O) groups is 1. The lowest BCUT2D eigenvalue weighted by molar-refractivity contribution is -0.146. The first kappa shape index (κ1) is 27.9. The summed E-state index contributed by atoms with van der Waals surface area (Å²) in [6, 6.07) is 15.7. The molecule has 0 unspecified atom stereocenters. The predicted molar refractivity (Wildman–Crippen MR) is 157 cm³/mol. The molecule has 0 amide bonds. The van der Waals surface area contributed by atoms with E-state index in [0.29, 0.717) is 24.5 Å². The summed E-state index contributed by atoms with van der Waals surface area (Å²) in [6.45, 7) is 10.5. The van der Waals surface area contributed by atoms with E-state index in [1.54, 1.807) is 25.6 Å². The molecule has 0 bridgehead atoms. The van der Waals surface area contributed by atoms with Crippen LogP contribution in [0.25, 0.3) is 10.9 Å². The van der Waals surface area contributed by atoms with Crippen LogP contribution in [-0.2, 0) is 24.2 Å². The second-order valence-corrected chi connectivity index (χ2v) is 14.8. The van der Waals surface area contributed by atoms with E-state index in [1.165, 1.54) is 11.3 Å². The molecular formula is C29H31Cl2NO3S2. The molecule has 2 heterocycles. The molecule has 8 heteroatoms. The van der Waals surface area contributed by atoms with Crippen LogP contribution in [-0.4, -0.2) is 20.8 Å². The van der Waals surface area contributed by atoms with Gasteiger partial charge < -0.3 is 14.8 Å². The number of fused-ring (bicyclic) bond motifs is 1. The lowest BCUT2D eigenvalue weighted by atomic mass is 9.88. The molecule has 0 saturated heterocycles. The first-order valence-corrected chi connectivity index (χ1v) is 14.4. The predicted octanol–water partition coefficient (Wildman–Crippen LogP) is 9.25. The second kappa shape index (κ2) is 10.9. The molecule has 0 aliphatic rings. The van der Waals surface area contributed by atoms with Gasteiger partial charge in [-0.2, -0.15) is 0 Å². The summed E-state index contributed by atoms with van der Waals surface area (Å²) in [5.74, 6) is -0.0244. The topological polar surface area (TPSA) is 62.3 Å². The van der Waals surface area contributed by atoms with Crippen molar-refractivity contribution in [2.24, 2.45) is 5.41 Å². The Labute approximate surface area is 236 Å². The highest BCUT2D eigenvalue weighted by atomic mass is 35.5. The van der Waals surface area contributed by atoms with Gasteiger partial charge in [0.2, 0.25) is 0 Å². The quantitative estimate of drug-likeness (QED) is 0.195. The SMILES string of the molecule is CC(C)(C)Sc1c(CC(C)(C)C(=O)O)[nH]c2ccc(OCc3ccc(Cl)s3)c(Cc3ccc(Cl)cc3)c12. The van der Waals surface area contributed by atoms with Crippen LogP contribution in [0.1, 0.15) is 56.3 Å². The van der Waals surface area contributed by atoms with Gasteiger partial charge in [0.25, 0.3) is 0 Å². The highest BCUT2D eigenvalue weighted by molar-refractivity contribution is 8.00. The highest BCUT2D eigenvalue weighted by Gasteiger charge is 2.32. The van der Waals surface area contributed by atoms with Crippen molar-refractivity contribution in [1.29, 1.82) is 0 Å². The monoisotopic (exact) mass is 575 g/mol. The summed E-state index contributed by atoms with van der Waals surface area (Å²) in [4.78, 5) is 17.7. The first-order chi connectivity index (χ1) is 17.3. The number of ether oxygens (including phenoxy) is 1. The number of thioether (sulfide) groups is 1. The maximum Gasteiger partial charge on any atom is 0.309 e. The molecule has 0 fully saturated rings. The molecule has 0 spiro atoms. The Hall–Kier alpha value is -2.12. The summed E-state index contributed by atoms with van der Waals surface area (Å²) in [6.07, 6.45) is 1.03. The number of carboxylic acid groups (broad SMARTS) is 1. The Morgan fingerprint density at radius 2 is 1.73 bits per heavy atom. The van der Waals surface area contributed by atoms with Gasteiger partial charge in [0.05, 0.1) is 9.75 Å². The van der Waals surface area contributed by atoms with Gasteiger partial charge in [-0.05, 0) is 55.8 Å². The van der Waals surface area contributed by atoms with Crippen molar-refractivity contribution in [1.82, 2.24) is 4.98 Å². The number of H-pyrrole nitrogens is 1. The molecule has 0 saturated carbocycles. The number of hydrogen-bond donors (Lipinski definition) is 2. The van der Waals surface area contributed by atoms with Crippen molar-refractivity contribution in [3.05, 3.63) is 79.6 Å². The molecule has 37 heavy (non-hydrogen) atoms. The van der Waals surface area contributed by atoms with Crippen molar-refractivity contribution in [3.63, 3.8) is 0 Å². The van der Waals surface area contributed by atoms with Crippen molar-refractivity contribution < 1.29 is 14.6 Å². The first-order valence-electron chi connectivity index (χ1n) is 12.0. The van der Waals surface area contributed by atoms with Crippen molar-refractivity contribution in [2.75, 3.05) is 0 Å². The average molecular weight is 577 g/mol. The third-order valence-electron chi connectivity index (χ3n) is 5.96. The fourth-order valence-electron chi connectivity index (χ4n) is 4.12. The van der Waals surface area contributed by atoms with E-state index < -0.39 is 11.4 Å². The number of hydrogen-bond acceptors (Lipinski definition) is 4. The number of aromatic nitrogens is 1. The van der Waals surface area contributed by atoms with E-state index in [1.807, 2.05) is 48.5 Å². The van der Waals surface area contributed by atoms with Gasteiger partial charge in [0.15, 0.2) is 0 Å². The molecule has 2 aromatic carbocycles. The normalized spacial score (nSPS) is 12.3. The maximum absolute atomic E-state index is 12.0. The number of carboxylic acids is 1. The summed E-state index contributed by atoms with van der Waals surface area (Å²) in [5.41, 5.74) is 3.16. The highest BCUT2D eigenvalue weighted by Crippen LogP contribution is 2.45. The Morgan fingerprint density at radius 3 is 2.32 bits per heavy atom. The molecule has 0 aliphatic heterocycles. The molecule has 2 aromatic heterocycles. The Morgan fingerprint density at radius 1 is 1.03 bits per heavy atom. The minimum atomic E-state index is -0.915. The lowest BCUT2D eigenvalue weighted by Crippen LogP contribution is -2.26. The number of thiophene rings is 1. The van der Waals surface area contributed by atoms with E-state index >= 15 is 0 Å². The molecule has 196 valence electrons. The zero-order valence-corrected chi connectivity index (χ0v) is 24.7. The lowest BCUT2D eigenvalue weighted by Gasteiger charge is -2.23. The molecule has 4 aromatic rings. The van der Waals surface area contributed by atoms with E-state index in [2.05, 4.69) is 25.8 Å². The zero-order chi connectivity index (χ0) is 27.0. The van der Waals surface area contributed by atoms with Crippen LogP contribution in [0.15, 0.2) is 53.4 Å². The molecule has 4 rings (SSSR count). The van der Waals surface area contributed by atoms with Crippen LogP contribution in [0.2, 0.25) is 9.36 Å². The van der Waals surface area contributed by atoms with Crippen LogP contribution in [0.4, 0.5) is 0 Å². The molecule has 2 N–H and O–H groups in total. The average Bonchev–Trinajstić information content (AvgIpc) is 3.36. The van der Waals surface area contributed by atoms with Gasteiger partial charge in [-0.1, -0.05) is 56.1 Å². The van der Waals surface area contributed by atoms with Crippen molar-refractivity contribution in [3.8, 4) is 5.75 Å². The van der Waals surface area contributed by atoms with Gasteiger partial charge in [0.1, 0.15) is 12.4 Å². The standard InChI is InChI=1S/C29H31Cl2NO3S2/c1-28(2,3)37-26-22(15-29(4,5)27(33)34)32-21-11-12-23(35-16-19-10-13-24(31)36-19)20(25(21)26)14-17-6-8-18(30)9-7-17/h6-13,32H,14-16H2,1-5H3,(H,33,34). The van der Waals surface area contributed by atoms with E-state index in [-0.39, 0.29) is 4.75 Å². The number of aromatic amines is 1. The maximum atomic E-state index is 12.0. The van der Waals surface area contributed by atoms with E-state index in [4.69, 9.17) is 27.9 Å². The van der Waals surface area contributed by atoms with E-state index in [0.717, 1.165) is 47.6 Å². The largest absolute Gasteiger partial charge is 0.488 e. The van der Waals surface area contributed by atoms with Crippen LogP contribution in [0.5, 0.6) is 5.75 Å². The number of rotatable bonds is 9. The minimum Gasteiger partial charge on any atom is -0.488 e.